The SMILES string of the molecule is CC(C)Oc1ncnc(NC(C)c2ccccc2F)c1N. The van der Waals surface area contributed by atoms with Gasteiger partial charge in [0, 0.05) is 5.56 Å². The maximum atomic E-state index is 13.8. The molecule has 0 radical (unpaired) electrons. The van der Waals surface area contributed by atoms with E-state index in [-0.39, 0.29) is 18.0 Å². The number of halogens is 1. The molecule has 0 aliphatic carbocycles. The number of nitrogens with zero attached hydrogens (tertiary/aromatic N) is 2. The Morgan fingerprint density at radius 2 is 1.90 bits per heavy atom. The van der Waals surface area contributed by atoms with Crippen LogP contribution in [0.5, 0.6) is 5.88 Å². The van der Waals surface area contributed by atoms with Gasteiger partial charge in [-0.25, -0.2) is 9.37 Å². The van der Waals surface area contributed by atoms with Crippen LogP contribution in [0.3, 0.4) is 0 Å². The van der Waals surface area contributed by atoms with Crippen molar-refractivity contribution in [1.29, 1.82) is 0 Å². The molecule has 1 heterocycles. The predicted octanol–water partition coefficient (Wildman–Crippen LogP) is 3.16. The van der Waals surface area contributed by atoms with Crippen LogP contribution in [0.2, 0.25) is 0 Å². The van der Waals surface area contributed by atoms with Crippen LogP contribution in [0.15, 0.2) is 30.6 Å². The topological polar surface area (TPSA) is 73.1 Å². The monoisotopic (exact) mass is 290 g/mol. The van der Waals surface area contributed by atoms with E-state index in [0.717, 1.165) is 0 Å². The normalized spacial score (nSPS) is 12.2. The van der Waals surface area contributed by atoms with Crippen LogP contribution in [-0.4, -0.2) is 16.1 Å². The molecule has 0 fully saturated rings. The molecular formula is C15H19FN4O. The average molecular weight is 290 g/mol. The molecule has 1 unspecified atom stereocenters. The van der Waals surface area contributed by atoms with Gasteiger partial charge in [0.15, 0.2) is 5.82 Å². The van der Waals surface area contributed by atoms with Crippen molar-refractivity contribution in [1.82, 2.24) is 9.97 Å². The molecule has 0 saturated heterocycles. The van der Waals surface area contributed by atoms with Crippen molar-refractivity contribution in [2.75, 3.05) is 11.1 Å². The zero-order valence-corrected chi connectivity index (χ0v) is 12.3. The molecule has 1 aromatic heterocycles. The second kappa shape index (κ2) is 6.39. The van der Waals surface area contributed by atoms with E-state index in [4.69, 9.17) is 10.5 Å². The van der Waals surface area contributed by atoms with Gasteiger partial charge in [-0.2, -0.15) is 4.98 Å². The fourth-order valence-electron chi connectivity index (χ4n) is 1.92. The largest absolute Gasteiger partial charge is 0.473 e. The Hall–Kier alpha value is -2.37. The molecule has 112 valence electrons. The smallest absolute Gasteiger partial charge is 0.242 e. The molecule has 3 N–H and O–H groups in total. The van der Waals surface area contributed by atoms with Crippen molar-refractivity contribution in [2.24, 2.45) is 0 Å². The van der Waals surface area contributed by atoms with E-state index >= 15 is 0 Å². The Morgan fingerprint density at radius 3 is 2.57 bits per heavy atom. The van der Waals surface area contributed by atoms with Gasteiger partial charge in [-0.05, 0) is 26.8 Å². The molecule has 2 rings (SSSR count). The zero-order valence-electron chi connectivity index (χ0n) is 12.3. The number of nitrogen functional groups attached to an aromatic ring is 1. The number of ether oxygens (including phenoxy) is 1. The fourth-order valence-corrected chi connectivity index (χ4v) is 1.92. The summed E-state index contributed by atoms with van der Waals surface area (Å²) in [4.78, 5) is 8.10. The first-order chi connectivity index (χ1) is 9.99. The number of anilines is 2. The lowest BCUT2D eigenvalue weighted by Crippen LogP contribution is -2.14. The van der Waals surface area contributed by atoms with Gasteiger partial charge in [0.1, 0.15) is 17.8 Å². The van der Waals surface area contributed by atoms with Gasteiger partial charge in [-0.3, -0.25) is 0 Å². The maximum Gasteiger partial charge on any atom is 0.242 e. The highest BCUT2D eigenvalue weighted by Gasteiger charge is 2.15. The standard InChI is InChI=1S/C15H19FN4O/c1-9(2)21-15-13(17)14(18-8-19-15)20-10(3)11-6-4-5-7-12(11)16/h4-10H,17H2,1-3H3,(H,18,19,20). The molecule has 2 aromatic rings. The Kier molecular flexibility index (Phi) is 4.57. The van der Waals surface area contributed by atoms with Gasteiger partial charge < -0.3 is 15.8 Å². The Labute approximate surface area is 123 Å². The molecule has 1 atom stereocenters. The minimum absolute atomic E-state index is 0.0426. The first-order valence-electron chi connectivity index (χ1n) is 6.77. The third kappa shape index (κ3) is 3.59. The average Bonchev–Trinajstić information content (AvgIpc) is 2.43. The van der Waals surface area contributed by atoms with Crippen LogP contribution in [0.4, 0.5) is 15.9 Å². The van der Waals surface area contributed by atoms with E-state index in [0.29, 0.717) is 22.9 Å². The van der Waals surface area contributed by atoms with Gasteiger partial charge >= 0.3 is 0 Å². The molecule has 6 heteroatoms. The molecule has 0 bridgehead atoms. The van der Waals surface area contributed by atoms with Crippen LogP contribution in [0, 0.1) is 5.82 Å². The third-order valence-corrected chi connectivity index (χ3v) is 2.92. The Morgan fingerprint density at radius 1 is 1.19 bits per heavy atom. The molecule has 0 amide bonds. The van der Waals surface area contributed by atoms with Gasteiger partial charge in [0.2, 0.25) is 5.88 Å². The van der Waals surface area contributed by atoms with Gasteiger partial charge in [-0.15, -0.1) is 0 Å². The summed E-state index contributed by atoms with van der Waals surface area (Å²) in [5.74, 6) is 0.475. The highest BCUT2D eigenvalue weighted by Crippen LogP contribution is 2.29. The first-order valence-corrected chi connectivity index (χ1v) is 6.77. The molecule has 5 nitrogen and oxygen atoms in total. The molecule has 0 spiro atoms. The number of nitrogens with one attached hydrogen (secondary N) is 1. The summed E-state index contributed by atoms with van der Waals surface area (Å²) in [5.41, 5.74) is 6.85. The summed E-state index contributed by atoms with van der Waals surface area (Å²) in [7, 11) is 0. The van der Waals surface area contributed by atoms with E-state index in [1.165, 1.54) is 12.4 Å². The van der Waals surface area contributed by atoms with Crippen LogP contribution in [0.1, 0.15) is 32.4 Å². The number of rotatable bonds is 5. The van der Waals surface area contributed by atoms with Crippen molar-refractivity contribution in [3.05, 3.63) is 42.0 Å². The number of hydrogen-bond acceptors (Lipinski definition) is 5. The lowest BCUT2D eigenvalue weighted by atomic mass is 10.1. The van der Waals surface area contributed by atoms with Crippen molar-refractivity contribution in [3.8, 4) is 5.88 Å². The number of hydrogen-bond donors (Lipinski definition) is 2. The van der Waals surface area contributed by atoms with Crippen LogP contribution in [-0.2, 0) is 0 Å². The van der Waals surface area contributed by atoms with E-state index in [1.807, 2.05) is 20.8 Å². The number of nitrogens with two attached hydrogens (primary N) is 1. The quantitative estimate of drug-likeness (QED) is 0.885. The van der Waals surface area contributed by atoms with Crippen molar-refractivity contribution < 1.29 is 9.13 Å². The number of aromatic nitrogens is 2. The minimum atomic E-state index is -0.282. The fraction of sp³-hybridized carbons (Fsp3) is 0.333. The summed E-state index contributed by atoms with van der Waals surface area (Å²) in [6.07, 6.45) is 1.32. The highest BCUT2D eigenvalue weighted by atomic mass is 19.1. The second-order valence-electron chi connectivity index (χ2n) is 5.00. The molecule has 0 aliphatic heterocycles. The van der Waals surface area contributed by atoms with Crippen LogP contribution < -0.4 is 15.8 Å². The summed E-state index contributed by atoms with van der Waals surface area (Å²) >= 11 is 0. The van der Waals surface area contributed by atoms with Crippen molar-refractivity contribution in [2.45, 2.75) is 32.9 Å². The Bertz CT molecular complexity index is 618. The van der Waals surface area contributed by atoms with E-state index in [1.54, 1.807) is 18.2 Å². The third-order valence-electron chi connectivity index (χ3n) is 2.92. The second-order valence-corrected chi connectivity index (χ2v) is 5.00. The minimum Gasteiger partial charge on any atom is -0.473 e. The summed E-state index contributed by atoms with van der Waals surface area (Å²) < 4.78 is 19.3. The van der Waals surface area contributed by atoms with Gasteiger partial charge in [-0.1, -0.05) is 18.2 Å². The summed E-state index contributed by atoms with van der Waals surface area (Å²) in [6, 6.07) is 6.29. The van der Waals surface area contributed by atoms with Crippen LogP contribution >= 0.6 is 0 Å². The summed E-state index contributed by atoms with van der Waals surface area (Å²) in [6.45, 7) is 5.61. The zero-order chi connectivity index (χ0) is 15.4. The van der Waals surface area contributed by atoms with E-state index < -0.39 is 0 Å². The maximum absolute atomic E-state index is 13.8. The molecule has 1 aromatic carbocycles. The molecule has 21 heavy (non-hydrogen) atoms. The lowest BCUT2D eigenvalue weighted by Gasteiger charge is -2.18. The van der Waals surface area contributed by atoms with Crippen LogP contribution in [0.25, 0.3) is 0 Å². The highest BCUT2D eigenvalue weighted by molar-refractivity contribution is 5.67. The van der Waals surface area contributed by atoms with Gasteiger partial charge in [0.25, 0.3) is 0 Å². The molecular weight excluding hydrogens is 271 g/mol. The predicted molar refractivity (Wildman–Crippen MR) is 80.6 cm³/mol. The lowest BCUT2D eigenvalue weighted by molar-refractivity contribution is 0.234. The van der Waals surface area contributed by atoms with Crippen molar-refractivity contribution in [3.63, 3.8) is 0 Å². The van der Waals surface area contributed by atoms with Crippen molar-refractivity contribution >= 4 is 11.5 Å². The number of benzene rings is 1. The van der Waals surface area contributed by atoms with E-state index in [9.17, 15) is 4.39 Å². The summed E-state index contributed by atoms with van der Waals surface area (Å²) in [5, 5.41) is 3.08. The molecule has 0 aliphatic rings. The van der Waals surface area contributed by atoms with E-state index in [2.05, 4.69) is 15.3 Å². The molecule has 0 saturated carbocycles. The Balaban J connectivity index is 2.22. The first kappa shape index (κ1) is 15.0. The van der Waals surface area contributed by atoms with Gasteiger partial charge in [0.05, 0.1) is 12.1 Å².